The zero-order chi connectivity index (χ0) is 12.4. The number of aliphatic carboxylic acids is 1. The second-order valence-electron chi connectivity index (χ2n) is 5.07. The first-order chi connectivity index (χ1) is 8.09. The van der Waals surface area contributed by atoms with Crippen LogP contribution in [0.15, 0.2) is 0 Å². The van der Waals surface area contributed by atoms with Crippen LogP contribution in [0.1, 0.15) is 19.8 Å². The zero-order valence-electron chi connectivity index (χ0n) is 10.5. The van der Waals surface area contributed by atoms with E-state index in [-0.39, 0.29) is 12.1 Å². The third-order valence-corrected chi connectivity index (χ3v) is 3.92. The molecule has 4 atom stereocenters. The van der Waals surface area contributed by atoms with Crippen LogP contribution in [0.3, 0.4) is 0 Å². The number of hydrogen-bond donors (Lipinski definition) is 1. The molecule has 2 rings (SSSR count). The van der Waals surface area contributed by atoms with Crippen LogP contribution in [0.5, 0.6) is 0 Å². The first kappa shape index (κ1) is 12.8. The Morgan fingerprint density at radius 3 is 2.82 bits per heavy atom. The van der Waals surface area contributed by atoms with Crippen molar-refractivity contribution in [3.8, 4) is 0 Å². The smallest absolute Gasteiger partial charge is 0.310 e. The minimum absolute atomic E-state index is 0.00259. The molecule has 2 saturated heterocycles. The molecule has 5 heteroatoms. The van der Waals surface area contributed by atoms with E-state index in [0.717, 1.165) is 19.4 Å². The number of carbonyl (C=O) groups is 1. The second kappa shape index (κ2) is 5.33. The summed E-state index contributed by atoms with van der Waals surface area (Å²) in [6, 6.07) is 0.412. The minimum Gasteiger partial charge on any atom is -0.481 e. The Morgan fingerprint density at radius 1 is 1.41 bits per heavy atom. The third-order valence-electron chi connectivity index (χ3n) is 3.92. The quantitative estimate of drug-likeness (QED) is 0.786. The molecule has 0 aromatic carbocycles. The fourth-order valence-corrected chi connectivity index (χ4v) is 2.80. The van der Waals surface area contributed by atoms with E-state index in [1.54, 1.807) is 0 Å². The average molecular weight is 243 g/mol. The summed E-state index contributed by atoms with van der Waals surface area (Å²) in [5.41, 5.74) is 0. The summed E-state index contributed by atoms with van der Waals surface area (Å²) in [5.74, 6) is -1.14. The highest BCUT2D eigenvalue weighted by molar-refractivity contribution is 5.71. The first-order valence-electron chi connectivity index (χ1n) is 6.23. The second-order valence-corrected chi connectivity index (χ2v) is 5.07. The van der Waals surface area contributed by atoms with Crippen molar-refractivity contribution in [2.24, 2.45) is 5.92 Å². The lowest BCUT2D eigenvalue weighted by Crippen LogP contribution is -2.49. The van der Waals surface area contributed by atoms with E-state index in [0.29, 0.717) is 19.3 Å². The Bertz CT molecular complexity index is 284. The fraction of sp³-hybridized carbons (Fsp3) is 0.917. The molecule has 0 spiro atoms. The predicted octanol–water partition coefficient (Wildman–Crippen LogP) is 0.585. The van der Waals surface area contributed by atoms with Gasteiger partial charge >= 0.3 is 5.97 Å². The molecule has 5 nitrogen and oxygen atoms in total. The summed E-state index contributed by atoms with van der Waals surface area (Å²) in [4.78, 5) is 13.3. The molecular weight excluding hydrogens is 222 g/mol. The van der Waals surface area contributed by atoms with E-state index in [1.165, 1.54) is 0 Å². The molecule has 2 fully saturated rings. The van der Waals surface area contributed by atoms with Gasteiger partial charge in [0.2, 0.25) is 0 Å². The molecule has 2 heterocycles. The van der Waals surface area contributed by atoms with Crippen molar-refractivity contribution in [2.75, 3.05) is 26.9 Å². The number of nitrogens with zero attached hydrogens (tertiary/aromatic N) is 1. The van der Waals surface area contributed by atoms with Crippen LogP contribution in [0.4, 0.5) is 0 Å². The van der Waals surface area contributed by atoms with Gasteiger partial charge < -0.3 is 14.6 Å². The highest BCUT2D eigenvalue weighted by Gasteiger charge is 2.39. The fourth-order valence-electron chi connectivity index (χ4n) is 2.80. The molecule has 0 amide bonds. The van der Waals surface area contributed by atoms with E-state index in [1.807, 2.05) is 7.05 Å². The van der Waals surface area contributed by atoms with Crippen LogP contribution in [-0.2, 0) is 14.3 Å². The standard InChI is InChI=1S/C12H21NO4/c1-8-5-9(3-4-17-8)13(2)11-7-16-6-10(11)12(14)15/h8-11H,3-7H2,1-2H3,(H,14,15). The molecule has 0 saturated carbocycles. The van der Waals surface area contributed by atoms with Gasteiger partial charge in [0.1, 0.15) is 0 Å². The maximum Gasteiger partial charge on any atom is 0.310 e. The normalized spacial score (nSPS) is 38.5. The monoisotopic (exact) mass is 243 g/mol. The summed E-state index contributed by atoms with van der Waals surface area (Å²) in [5, 5.41) is 9.15. The molecule has 0 aliphatic carbocycles. The predicted molar refractivity (Wildman–Crippen MR) is 61.9 cm³/mol. The van der Waals surface area contributed by atoms with Crippen LogP contribution in [0.2, 0.25) is 0 Å². The van der Waals surface area contributed by atoms with Crippen molar-refractivity contribution < 1.29 is 19.4 Å². The SMILES string of the molecule is CC1CC(N(C)C2COCC2C(=O)O)CCO1. The van der Waals surface area contributed by atoms with Gasteiger partial charge in [-0.1, -0.05) is 0 Å². The van der Waals surface area contributed by atoms with Gasteiger partial charge in [-0.15, -0.1) is 0 Å². The highest BCUT2D eigenvalue weighted by Crippen LogP contribution is 2.26. The van der Waals surface area contributed by atoms with Gasteiger partial charge in [0.05, 0.1) is 25.2 Å². The molecule has 98 valence electrons. The third kappa shape index (κ3) is 2.78. The van der Waals surface area contributed by atoms with E-state index in [4.69, 9.17) is 14.6 Å². The minimum atomic E-state index is -0.751. The lowest BCUT2D eigenvalue weighted by molar-refractivity contribution is -0.143. The van der Waals surface area contributed by atoms with Crippen molar-refractivity contribution in [3.63, 3.8) is 0 Å². The van der Waals surface area contributed by atoms with E-state index in [9.17, 15) is 4.79 Å². The van der Waals surface area contributed by atoms with Crippen molar-refractivity contribution in [1.29, 1.82) is 0 Å². The van der Waals surface area contributed by atoms with Crippen LogP contribution < -0.4 is 0 Å². The van der Waals surface area contributed by atoms with Crippen molar-refractivity contribution in [3.05, 3.63) is 0 Å². The molecule has 17 heavy (non-hydrogen) atoms. The molecule has 0 aromatic heterocycles. The maximum absolute atomic E-state index is 11.1. The Kier molecular flexibility index (Phi) is 4.01. The Morgan fingerprint density at radius 2 is 2.18 bits per heavy atom. The summed E-state index contributed by atoms with van der Waals surface area (Å²) >= 11 is 0. The largest absolute Gasteiger partial charge is 0.481 e. The number of hydrogen-bond acceptors (Lipinski definition) is 4. The van der Waals surface area contributed by atoms with Crippen LogP contribution in [-0.4, -0.2) is 61.0 Å². The Balaban J connectivity index is 1.98. The Hall–Kier alpha value is -0.650. The summed E-state index contributed by atoms with van der Waals surface area (Å²) in [6.07, 6.45) is 2.21. The molecule has 2 aliphatic rings. The molecular formula is C12H21NO4. The zero-order valence-corrected chi connectivity index (χ0v) is 10.5. The lowest BCUT2D eigenvalue weighted by atomic mass is 9.96. The number of rotatable bonds is 3. The van der Waals surface area contributed by atoms with Gasteiger partial charge in [-0.05, 0) is 26.8 Å². The maximum atomic E-state index is 11.1. The molecule has 1 N–H and O–H groups in total. The first-order valence-corrected chi connectivity index (χ1v) is 6.23. The van der Waals surface area contributed by atoms with Gasteiger partial charge in [0, 0.05) is 18.7 Å². The summed E-state index contributed by atoms with van der Waals surface area (Å²) < 4.78 is 10.8. The van der Waals surface area contributed by atoms with Crippen LogP contribution >= 0.6 is 0 Å². The van der Waals surface area contributed by atoms with Crippen molar-refractivity contribution in [2.45, 2.75) is 38.0 Å². The molecule has 0 aromatic rings. The lowest BCUT2D eigenvalue weighted by Gasteiger charge is -2.38. The van der Waals surface area contributed by atoms with E-state index >= 15 is 0 Å². The summed E-state index contributed by atoms with van der Waals surface area (Å²) in [7, 11) is 2.01. The molecule has 0 bridgehead atoms. The Labute approximate surface area is 102 Å². The molecule has 4 unspecified atom stereocenters. The van der Waals surface area contributed by atoms with Crippen molar-refractivity contribution >= 4 is 5.97 Å². The number of carboxylic acids is 1. The van der Waals surface area contributed by atoms with E-state index < -0.39 is 11.9 Å². The number of carboxylic acid groups (broad SMARTS) is 1. The van der Waals surface area contributed by atoms with Crippen LogP contribution in [0, 0.1) is 5.92 Å². The number of likely N-dealkylation sites (N-methyl/N-ethyl adjacent to an activating group) is 1. The molecule has 2 aliphatic heterocycles. The topological polar surface area (TPSA) is 59.0 Å². The van der Waals surface area contributed by atoms with Crippen molar-refractivity contribution in [1.82, 2.24) is 4.90 Å². The average Bonchev–Trinajstić information content (AvgIpc) is 2.77. The van der Waals surface area contributed by atoms with Gasteiger partial charge in [-0.2, -0.15) is 0 Å². The van der Waals surface area contributed by atoms with Gasteiger partial charge in [0.15, 0.2) is 0 Å². The van der Waals surface area contributed by atoms with Gasteiger partial charge in [-0.25, -0.2) is 0 Å². The van der Waals surface area contributed by atoms with E-state index in [2.05, 4.69) is 11.8 Å². The highest BCUT2D eigenvalue weighted by atomic mass is 16.5. The van der Waals surface area contributed by atoms with Gasteiger partial charge in [0.25, 0.3) is 0 Å². The van der Waals surface area contributed by atoms with Crippen LogP contribution in [0.25, 0.3) is 0 Å². The van der Waals surface area contributed by atoms with Gasteiger partial charge in [-0.3, -0.25) is 9.69 Å². The summed E-state index contributed by atoms with van der Waals surface area (Å²) in [6.45, 7) is 3.70. The number of ether oxygens (including phenoxy) is 2. The molecule has 0 radical (unpaired) electrons.